The predicted molar refractivity (Wildman–Crippen MR) is 110 cm³/mol. The third kappa shape index (κ3) is 3.97. The summed E-state index contributed by atoms with van der Waals surface area (Å²) < 4.78 is 11.1. The van der Waals surface area contributed by atoms with Gasteiger partial charge in [0.05, 0.1) is 17.3 Å². The number of anilines is 1. The molecule has 3 fully saturated rings. The van der Waals surface area contributed by atoms with Crippen molar-refractivity contribution in [2.45, 2.75) is 49.3 Å². The molecule has 5 rings (SSSR count). The fourth-order valence-electron chi connectivity index (χ4n) is 4.77. The lowest BCUT2D eigenvalue weighted by Gasteiger charge is -2.55. The lowest BCUT2D eigenvalue weighted by atomic mass is 9.60. The van der Waals surface area contributed by atoms with Crippen LogP contribution in [0.1, 0.15) is 32.1 Å². The van der Waals surface area contributed by atoms with Crippen molar-refractivity contribution in [3.05, 3.63) is 17.2 Å². The van der Waals surface area contributed by atoms with Gasteiger partial charge in [0.25, 0.3) is 11.8 Å². The van der Waals surface area contributed by atoms with E-state index in [0.29, 0.717) is 42.1 Å². The highest BCUT2D eigenvalue weighted by Gasteiger charge is 2.55. The molecule has 1 atom stereocenters. The van der Waals surface area contributed by atoms with Crippen LogP contribution in [0.3, 0.4) is 0 Å². The third-order valence-electron chi connectivity index (χ3n) is 6.52. The first kappa shape index (κ1) is 21.5. The molecule has 1 heterocycles. The van der Waals surface area contributed by atoms with Gasteiger partial charge in [-0.1, -0.05) is 11.6 Å². The van der Waals surface area contributed by atoms with Crippen LogP contribution in [0.15, 0.2) is 12.1 Å². The SMILES string of the molecule is CN1C(=O)COc2c(OCC(=O)NC34CCC(NC(=O)O)(CC3)[C@@H](O)C4)cc(Cl)cc21. The number of aliphatic hydroxyl groups is 1. The number of carbonyl (C=O) groups is 3. The molecule has 10 nitrogen and oxygen atoms in total. The number of nitrogens with zero attached hydrogens (tertiary/aromatic N) is 1. The summed E-state index contributed by atoms with van der Waals surface area (Å²) in [6.07, 6.45) is 0.216. The Kier molecular flexibility index (Phi) is 5.38. The Bertz CT molecular complexity index is 930. The Hall–Kier alpha value is -2.72. The quantitative estimate of drug-likeness (QED) is 0.526. The molecule has 1 aromatic carbocycles. The zero-order valence-electron chi connectivity index (χ0n) is 16.9. The molecule has 168 valence electrons. The Morgan fingerprint density at radius 1 is 1.29 bits per heavy atom. The van der Waals surface area contributed by atoms with Gasteiger partial charge in [0.1, 0.15) is 0 Å². The van der Waals surface area contributed by atoms with Gasteiger partial charge >= 0.3 is 6.09 Å². The maximum absolute atomic E-state index is 12.6. The molecule has 2 bridgehead atoms. The maximum atomic E-state index is 12.6. The zero-order chi connectivity index (χ0) is 22.4. The van der Waals surface area contributed by atoms with Crippen LogP contribution in [0, 0.1) is 0 Å². The van der Waals surface area contributed by atoms with Crippen molar-refractivity contribution >= 4 is 35.2 Å². The fraction of sp³-hybridized carbons (Fsp3) is 0.550. The van der Waals surface area contributed by atoms with Crippen molar-refractivity contribution < 1.29 is 34.1 Å². The van der Waals surface area contributed by atoms with Gasteiger partial charge in [0.2, 0.25) is 0 Å². The molecular formula is C20H24ClN3O7. The van der Waals surface area contributed by atoms with E-state index in [4.69, 9.17) is 26.2 Å². The van der Waals surface area contributed by atoms with E-state index >= 15 is 0 Å². The number of rotatable bonds is 5. The highest BCUT2D eigenvalue weighted by atomic mass is 35.5. The van der Waals surface area contributed by atoms with Crippen LogP contribution in [-0.2, 0) is 9.59 Å². The summed E-state index contributed by atoms with van der Waals surface area (Å²) >= 11 is 6.13. The van der Waals surface area contributed by atoms with Gasteiger partial charge < -0.3 is 35.2 Å². The number of ether oxygens (including phenoxy) is 2. The summed E-state index contributed by atoms with van der Waals surface area (Å²) in [4.78, 5) is 37.0. The standard InChI is InChI=1S/C20H24ClN3O7/c1-24-12-6-11(21)7-13(17(12)31-10-16(24)27)30-9-15(26)22-19-2-4-20(5-3-19,14(25)8-19)23-18(28)29/h6-7,14,23,25H,2-5,8-10H2,1H3,(H,22,26)(H,28,29)/t14-,19?,20?/m0/s1. The first-order chi connectivity index (χ1) is 14.6. The predicted octanol–water partition coefficient (Wildman–Crippen LogP) is 1.27. The Morgan fingerprint density at radius 3 is 2.65 bits per heavy atom. The number of halogens is 1. The highest BCUT2D eigenvalue weighted by Crippen LogP contribution is 2.47. The van der Waals surface area contributed by atoms with Crippen LogP contribution in [-0.4, -0.2) is 65.6 Å². The third-order valence-corrected chi connectivity index (χ3v) is 6.73. The average Bonchev–Trinajstić information content (AvgIpc) is 2.70. The number of aliphatic hydroxyl groups excluding tert-OH is 1. The minimum Gasteiger partial charge on any atom is -0.480 e. The average molecular weight is 454 g/mol. The molecule has 4 N–H and O–H groups in total. The van der Waals surface area contributed by atoms with E-state index in [1.165, 1.54) is 11.0 Å². The van der Waals surface area contributed by atoms with Crippen LogP contribution < -0.4 is 25.0 Å². The van der Waals surface area contributed by atoms with Crippen molar-refractivity contribution in [1.29, 1.82) is 0 Å². The molecule has 1 aromatic rings. The van der Waals surface area contributed by atoms with E-state index in [1.54, 1.807) is 13.1 Å². The van der Waals surface area contributed by atoms with Crippen LogP contribution in [0.25, 0.3) is 0 Å². The minimum absolute atomic E-state index is 0.138. The normalized spacial score (nSPS) is 29.1. The first-order valence-corrected chi connectivity index (χ1v) is 10.4. The molecule has 0 aromatic heterocycles. The van der Waals surface area contributed by atoms with E-state index in [-0.39, 0.29) is 37.2 Å². The second-order valence-electron chi connectivity index (χ2n) is 8.42. The molecule has 31 heavy (non-hydrogen) atoms. The van der Waals surface area contributed by atoms with Crippen LogP contribution in [0.5, 0.6) is 11.5 Å². The fourth-order valence-corrected chi connectivity index (χ4v) is 4.97. The number of nitrogens with one attached hydrogen (secondary N) is 2. The van der Waals surface area contributed by atoms with Gasteiger partial charge in [-0.15, -0.1) is 0 Å². The van der Waals surface area contributed by atoms with Crippen LogP contribution in [0.4, 0.5) is 10.5 Å². The van der Waals surface area contributed by atoms with Gasteiger partial charge in [-0.3, -0.25) is 9.59 Å². The van der Waals surface area contributed by atoms with Gasteiger partial charge in [-0.25, -0.2) is 4.79 Å². The molecule has 0 radical (unpaired) electrons. The van der Waals surface area contributed by atoms with Gasteiger partial charge in [0.15, 0.2) is 24.7 Å². The summed E-state index contributed by atoms with van der Waals surface area (Å²) in [7, 11) is 1.60. The first-order valence-electron chi connectivity index (χ1n) is 9.99. The van der Waals surface area contributed by atoms with E-state index in [0.717, 1.165) is 0 Å². The number of likely N-dealkylation sites (N-methyl/N-ethyl adjacent to an activating group) is 1. The summed E-state index contributed by atoms with van der Waals surface area (Å²) in [6.45, 7) is -0.440. The molecular weight excluding hydrogens is 430 g/mol. The molecule has 1 aliphatic heterocycles. The van der Waals surface area contributed by atoms with E-state index in [9.17, 15) is 19.5 Å². The molecule has 0 spiro atoms. The van der Waals surface area contributed by atoms with E-state index in [1.807, 2.05) is 0 Å². The number of hydrogen-bond donors (Lipinski definition) is 4. The highest BCUT2D eigenvalue weighted by molar-refractivity contribution is 6.31. The smallest absolute Gasteiger partial charge is 0.405 e. The van der Waals surface area contributed by atoms with Crippen LogP contribution >= 0.6 is 11.6 Å². The molecule has 3 amide bonds. The number of benzene rings is 1. The summed E-state index contributed by atoms with van der Waals surface area (Å²) in [5, 5.41) is 25.4. The van der Waals surface area contributed by atoms with Crippen LogP contribution in [0.2, 0.25) is 5.02 Å². The summed E-state index contributed by atoms with van der Waals surface area (Å²) in [6, 6.07) is 3.11. The molecule has 11 heteroatoms. The molecule has 4 aliphatic rings. The minimum atomic E-state index is -1.16. The van der Waals surface area contributed by atoms with Crippen molar-refractivity contribution in [2.75, 3.05) is 25.2 Å². The molecule has 3 aliphatic carbocycles. The number of amides is 3. The van der Waals surface area contributed by atoms with Crippen molar-refractivity contribution in [2.24, 2.45) is 0 Å². The Labute approximate surface area is 183 Å². The second-order valence-corrected chi connectivity index (χ2v) is 8.85. The van der Waals surface area contributed by atoms with E-state index < -0.39 is 23.3 Å². The van der Waals surface area contributed by atoms with Crippen molar-refractivity contribution in [1.82, 2.24) is 10.6 Å². The monoisotopic (exact) mass is 453 g/mol. The topological polar surface area (TPSA) is 137 Å². The van der Waals surface area contributed by atoms with E-state index in [2.05, 4.69) is 10.6 Å². The lowest BCUT2D eigenvalue weighted by Crippen LogP contribution is -2.70. The zero-order valence-corrected chi connectivity index (χ0v) is 17.7. The number of carboxylic acid groups (broad SMARTS) is 1. The number of carbonyl (C=O) groups excluding carboxylic acids is 2. The number of fused-ring (bicyclic) bond motifs is 4. The van der Waals surface area contributed by atoms with Gasteiger partial charge in [-0.05, 0) is 38.2 Å². The summed E-state index contributed by atoms with van der Waals surface area (Å²) in [5.74, 6) is 0.000169. The Morgan fingerprint density at radius 2 is 2.00 bits per heavy atom. The van der Waals surface area contributed by atoms with Gasteiger partial charge in [0, 0.05) is 23.7 Å². The summed E-state index contributed by atoms with van der Waals surface area (Å²) in [5.41, 5.74) is -0.989. The molecule has 0 saturated heterocycles. The maximum Gasteiger partial charge on any atom is 0.405 e. The van der Waals surface area contributed by atoms with Crippen molar-refractivity contribution in [3.8, 4) is 11.5 Å². The Balaban J connectivity index is 1.41. The second kappa shape index (κ2) is 7.76. The number of hydrogen-bond acceptors (Lipinski definition) is 6. The van der Waals surface area contributed by atoms with Gasteiger partial charge in [-0.2, -0.15) is 0 Å². The van der Waals surface area contributed by atoms with Crippen molar-refractivity contribution in [3.63, 3.8) is 0 Å². The molecule has 3 saturated carbocycles. The lowest BCUT2D eigenvalue weighted by molar-refractivity contribution is -0.129. The largest absolute Gasteiger partial charge is 0.480 e. The molecule has 0 unspecified atom stereocenters.